The topological polar surface area (TPSA) is 165 Å². The molecule has 0 atom stereocenters. The summed E-state index contributed by atoms with van der Waals surface area (Å²) in [5, 5.41) is 10.7. The van der Waals surface area contributed by atoms with Crippen LogP contribution in [-0.2, 0) is 18.5 Å². The minimum absolute atomic E-state index is 0.0682. The fraction of sp³-hybridized carbons (Fsp3) is 0.212. The molecule has 0 bridgehead atoms. The van der Waals surface area contributed by atoms with Crippen molar-refractivity contribution in [1.82, 2.24) is 45.1 Å². The molecule has 5 heterocycles. The molecular formula is C33H28FN9O4. The molecule has 7 rings (SSSR count). The van der Waals surface area contributed by atoms with Gasteiger partial charge < -0.3 is 14.8 Å². The number of pyridine rings is 1. The number of imide groups is 1. The molecule has 14 heteroatoms. The largest absolute Gasteiger partial charge is 0.345 e. The van der Waals surface area contributed by atoms with Gasteiger partial charge in [0.25, 0.3) is 23.5 Å². The van der Waals surface area contributed by atoms with Gasteiger partial charge in [0, 0.05) is 42.0 Å². The Balaban J connectivity index is 1.04. The number of H-pyrrole nitrogens is 1. The summed E-state index contributed by atoms with van der Waals surface area (Å²) < 4.78 is 22.0. The summed E-state index contributed by atoms with van der Waals surface area (Å²) in [7, 11) is 0. The van der Waals surface area contributed by atoms with Crippen molar-refractivity contribution in [2.45, 2.75) is 39.3 Å². The van der Waals surface area contributed by atoms with Crippen molar-refractivity contribution in [3.63, 3.8) is 0 Å². The van der Waals surface area contributed by atoms with Crippen molar-refractivity contribution < 1.29 is 23.3 Å². The van der Waals surface area contributed by atoms with E-state index >= 15 is 4.39 Å². The van der Waals surface area contributed by atoms with E-state index in [1.54, 1.807) is 65.7 Å². The monoisotopic (exact) mass is 633 g/mol. The number of rotatable bonds is 8. The lowest BCUT2D eigenvalue weighted by atomic mass is 9.97. The Hall–Kier alpha value is -6.05. The molecule has 0 unspecified atom stereocenters. The van der Waals surface area contributed by atoms with E-state index < -0.39 is 17.1 Å². The highest BCUT2D eigenvalue weighted by Crippen LogP contribution is 2.30. The van der Waals surface area contributed by atoms with E-state index in [1.807, 2.05) is 20.8 Å². The number of carbonyl (C=O) groups is 3. The zero-order valence-electron chi connectivity index (χ0n) is 25.6. The molecule has 2 N–H and O–H groups in total. The maximum atomic E-state index is 15.2. The van der Waals surface area contributed by atoms with Crippen molar-refractivity contribution >= 4 is 28.9 Å². The number of hydrogen-bond donors (Lipinski definition) is 2. The van der Waals surface area contributed by atoms with E-state index in [2.05, 4.69) is 35.5 Å². The first-order valence-corrected chi connectivity index (χ1v) is 14.8. The third-order valence-electron chi connectivity index (χ3n) is 7.80. The van der Waals surface area contributed by atoms with Crippen molar-refractivity contribution in [1.29, 1.82) is 0 Å². The lowest BCUT2D eigenvalue weighted by Gasteiger charge is -2.13. The summed E-state index contributed by atoms with van der Waals surface area (Å²) in [4.78, 5) is 55.5. The summed E-state index contributed by atoms with van der Waals surface area (Å²) >= 11 is 0. The van der Waals surface area contributed by atoms with Crippen LogP contribution in [0.5, 0.6) is 0 Å². The summed E-state index contributed by atoms with van der Waals surface area (Å²) in [6.45, 7) is 6.06. The van der Waals surface area contributed by atoms with Crippen LogP contribution in [0.1, 0.15) is 63.6 Å². The van der Waals surface area contributed by atoms with Crippen LogP contribution in [-0.4, -0.2) is 64.0 Å². The number of hydrogen-bond acceptors (Lipinski definition) is 9. The Bertz CT molecular complexity index is 2160. The van der Waals surface area contributed by atoms with Crippen LogP contribution in [0.15, 0.2) is 71.6 Å². The van der Waals surface area contributed by atoms with Crippen LogP contribution in [0.3, 0.4) is 0 Å². The second-order valence-corrected chi connectivity index (χ2v) is 12.1. The van der Waals surface area contributed by atoms with Crippen molar-refractivity contribution in [3.05, 3.63) is 101 Å². The Morgan fingerprint density at radius 2 is 1.74 bits per heavy atom. The van der Waals surface area contributed by atoms with Crippen LogP contribution in [0.25, 0.3) is 33.7 Å². The second-order valence-electron chi connectivity index (χ2n) is 12.1. The van der Waals surface area contributed by atoms with Gasteiger partial charge in [-0.1, -0.05) is 50.2 Å². The number of nitrogens with one attached hydrogen (secondary N) is 2. The Morgan fingerprint density at radius 3 is 2.45 bits per heavy atom. The first kappa shape index (κ1) is 29.6. The van der Waals surface area contributed by atoms with Gasteiger partial charge in [0.1, 0.15) is 11.6 Å². The number of carbonyl (C=O) groups excluding carboxylic acids is 3. The molecule has 47 heavy (non-hydrogen) atoms. The molecule has 1 aliphatic rings. The Kier molecular flexibility index (Phi) is 7.18. The molecule has 1 aliphatic heterocycles. The number of benzene rings is 2. The molecule has 3 amide bonds. The number of fused-ring (bicyclic) bond motifs is 2. The van der Waals surface area contributed by atoms with Crippen LogP contribution in [0.2, 0.25) is 0 Å². The molecule has 0 radical (unpaired) electrons. The third-order valence-corrected chi connectivity index (χ3v) is 7.80. The van der Waals surface area contributed by atoms with Gasteiger partial charge >= 0.3 is 0 Å². The molecular weight excluding hydrogens is 605 g/mol. The number of halogens is 1. The Labute approximate surface area is 266 Å². The van der Waals surface area contributed by atoms with E-state index in [4.69, 9.17) is 4.52 Å². The average molecular weight is 634 g/mol. The number of nitrogens with zero attached hydrogens (tertiary/aromatic N) is 7. The molecule has 2 aromatic carbocycles. The number of amides is 3. The van der Waals surface area contributed by atoms with E-state index in [0.717, 1.165) is 0 Å². The molecule has 13 nitrogen and oxygen atoms in total. The molecule has 236 valence electrons. The zero-order valence-corrected chi connectivity index (χ0v) is 25.6. The fourth-order valence-electron chi connectivity index (χ4n) is 5.27. The fourth-order valence-corrected chi connectivity index (χ4v) is 5.27. The lowest BCUT2D eigenvalue weighted by Crippen LogP contribution is -2.33. The van der Waals surface area contributed by atoms with Gasteiger partial charge in [0.05, 0.1) is 34.9 Å². The highest BCUT2D eigenvalue weighted by molar-refractivity contribution is 6.21. The standard InChI is InChI=1S/C33H28FN9O4/c1-33(2,3)32-40-28(41-47-32)29(44)36-15-19-9-8-18(14-24(19)34)21-10-11-35-27-25(21)38-26(39-27)20-16-37-42(17-20)12-13-43-30(45)22-6-4-5-7-23(22)31(43)46/h4-11,14,16-17H,12-13,15H2,1-3H3,(H,36,44)(H,35,38,39). The number of aromatic amines is 1. The molecule has 4 aromatic heterocycles. The maximum Gasteiger partial charge on any atom is 0.292 e. The Morgan fingerprint density at radius 1 is 0.979 bits per heavy atom. The van der Waals surface area contributed by atoms with Crippen molar-refractivity contribution in [2.24, 2.45) is 0 Å². The quantitative estimate of drug-likeness (QED) is 0.229. The van der Waals surface area contributed by atoms with E-state index in [1.165, 1.54) is 11.0 Å². The van der Waals surface area contributed by atoms with E-state index in [0.29, 0.717) is 57.2 Å². The zero-order chi connectivity index (χ0) is 32.9. The highest BCUT2D eigenvalue weighted by atomic mass is 19.1. The average Bonchev–Trinajstić information content (AvgIpc) is 3.86. The van der Waals surface area contributed by atoms with Gasteiger partial charge in [0.15, 0.2) is 5.65 Å². The minimum Gasteiger partial charge on any atom is -0.345 e. The summed E-state index contributed by atoms with van der Waals surface area (Å²) in [5.74, 6) is -0.992. The summed E-state index contributed by atoms with van der Waals surface area (Å²) in [6.07, 6.45) is 4.98. The van der Waals surface area contributed by atoms with Gasteiger partial charge in [-0.05, 0) is 29.8 Å². The number of imidazole rings is 1. The van der Waals surface area contributed by atoms with Gasteiger partial charge in [-0.2, -0.15) is 10.1 Å². The predicted octanol–water partition coefficient (Wildman–Crippen LogP) is 4.53. The molecule has 0 fully saturated rings. The third kappa shape index (κ3) is 5.54. The number of aromatic nitrogens is 7. The van der Waals surface area contributed by atoms with Crippen LogP contribution in [0.4, 0.5) is 4.39 Å². The highest BCUT2D eigenvalue weighted by Gasteiger charge is 2.34. The van der Waals surface area contributed by atoms with Crippen molar-refractivity contribution in [2.75, 3.05) is 6.54 Å². The van der Waals surface area contributed by atoms with E-state index in [-0.39, 0.29) is 36.3 Å². The van der Waals surface area contributed by atoms with Crippen molar-refractivity contribution in [3.8, 4) is 22.5 Å². The smallest absolute Gasteiger partial charge is 0.292 e. The van der Waals surface area contributed by atoms with Crippen LogP contribution >= 0.6 is 0 Å². The molecule has 0 saturated carbocycles. The summed E-state index contributed by atoms with van der Waals surface area (Å²) in [6, 6.07) is 13.3. The minimum atomic E-state index is -0.569. The predicted molar refractivity (Wildman–Crippen MR) is 166 cm³/mol. The molecule has 6 aromatic rings. The van der Waals surface area contributed by atoms with E-state index in [9.17, 15) is 14.4 Å². The molecule has 0 saturated heterocycles. The van der Waals surface area contributed by atoms with Gasteiger partial charge in [-0.15, -0.1) is 0 Å². The molecule has 0 spiro atoms. The SMILES string of the molecule is CC(C)(C)c1nc(C(=O)NCc2ccc(-c3ccnc4nc(-c5cnn(CCN6C(=O)c7ccccc7C6=O)c5)[nH]c34)cc2F)no1. The second kappa shape index (κ2) is 11.4. The van der Waals surface area contributed by atoms with Gasteiger partial charge in [-0.3, -0.25) is 24.0 Å². The first-order valence-electron chi connectivity index (χ1n) is 14.8. The first-order chi connectivity index (χ1) is 22.6. The normalized spacial score (nSPS) is 13.1. The van der Waals surface area contributed by atoms with Gasteiger partial charge in [-0.25, -0.2) is 14.4 Å². The van der Waals surface area contributed by atoms with Crippen LogP contribution in [0, 0.1) is 5.82 Å². The van der Waals surface area contributed by atoms with Gasteiger partial charge in [0.2, 0.25) is 5.89 Å². The van der Waals surface area contributed by atoms with Crippen LogP contribution < -0.4 is 5.32 Å². The lowest BCUT2D eigenvalue weighted by molar-refractivity contribution is 0.0647. The molecule has 0 aliphatic carbocycles. The maximum absolute atomic E-state index is 15.2. The summed E-state index contributed by atoms with van der Waals surface area (Å²) in [5.41, 5.74) is 3.66.